The molecule has 1 atom stereocenters. The summed E-state index contributed by atoms with van der Waals surface area (Å²) in [5.41, 5.74) is 1.08. The number of aliphatic hydroxyl groups is 1. The van der Waals surface area contributed by atoms with Crippen molar-refractivity contribution in [2.45, 2.75) is 26.4 Å². The number of nitro benzene ring substituents is 1. The molecule has 0 fully saturated rings. The van der Waals surface area contributed by atoms with Crippen molar-refractivity contribution in [3.63, 3.8) is 0 Å². The predicted octanol–water partition coefficient (Wildman–Crippen LogP) is 2.23. The van der Waals surface area contributed by atoms with Crippen molar-refractivity contribution in [3.05, 3.63) is 28.3 Å². The van der Waals surface area contributed by atoms with Crippen molar-refractivity contribution in [2.75, 3.05) is 30.4 Å². The summed E-state index contributed by atoms with van der Waals surface area (Å²) in [7, 11) is 1.73. The first-order chi connectivity index (χ1) is 8.97. The maximum Gasteiger partial charge on any atom is 0.315 e. The van der Waals surface area contributed by atoms with E-state index in [9.17, 15) is 15.2 Å². The van der Waals surface area contributed by atoms with Crippen LogP contribution < -0.4 is 10.2 Å². The Bertz CT molecular complexity index is 435. The zero-order valence-corrected chi connectivity index (χ0v) is 11.6. The van der Waals surface area contributed by atoms with E-state index in [-0.39, 0.29) is 10.6 Å². The number of para-hydroxylation sites is 1. The van der Waals surface area contributed by atoms with E-state index in [1.807, 2.05) is 6.92 Å². The lowest BCUT2D eigenvalue weighted by Crippen LogP contribution is -2.27. The van der Waals surface area contributed by atoms with Crippen molar-refractivity contribution < 1.29 is 10.0 Å². The largest absolute Gasteiger partial charge is 0.392 e. The van der Waals surface area contributed by atoms with E-state index in [1.165, 1.54) is 0 Å². The van der Waals surface area contributed by atoms with Crippen LogP contribution in [0.4, 0.5) is 17.1 Å². The molecule has 0 radical (unpaired) electrons. The smallest absolute Gasteiger partial charge is 0.315 e. The first-order valence-electron chi connectivity index (χ1n) is 6.37. The molecule has 0 aliphatic carbocycles. The summed E-state index contributed by atoms with van der Waals surface area (Å²) >= 11 is 0. The van der Waals surface area contributed by atoms with Crippen molar-refractivity contribution in [3.8, 4) is 0 Å². The molecule has 1 aromatic carbocycles. The van der Waals surface area contributed by atoms with Crippen LogP contribution in [0.1, 0.15) is 20.3 Å². The molecule has 0 bridgehead atoms. The molecule has 0 spiro atoms. The Labute approximate surface area is 113 Å². The average Bonchev–Trinajstić information content (AvgIpc) is 2.34. The highest BCUT2D eigenvalue weighted by Gasteiger charge is 2.22. The van der Waals surface area contributed by atoms with Crippen LogP contribution >= 0.6 is 0 Å². The van der Waals surface area contributed by atoms with Gasteiger partial charge in [-0.2, -0.15) is 0 Å². The molecule has 0 saturated heterocycles. The summed E-state index contributed by atoms with van der Waals surface area (Å²) in [4.78, 5) is 12.6. The molecule has 0 aliphatic heterocycles. The monoisotopic (exact) mass is 267 g/mol. The van der Waals surface area contributed by atoms with E-state index in [4.69, 9.17) is 0 Å². The van der Waals surface area contributed by atoms with Gasteiger partial charge < -0.3 is 15.3 Å². The van der Waals surface area contributed by atoms with Gasteiger partial charge in [0.2, 0.25) is 0 Å². The third-order valence-electron chi connectivity index (χ3n) is 2.71. The van der Waals surface area contributed by atoms with Crippen molar-refractivity contribution >= 4 is 17.1 Å². The van der Waals surface area contributed by atoms with Crippen LogP contribution in [0, 0.1) is 10.1 Å². The fourth-order valence-electron chi connectivity index (χ4n) is 1.93. The number of nitrogens with one attached hydrogen (secondary N) is 1. The molecule has 106 valence electrons. The molecule has 6 nitrogen and oxygen atoms in total. The van der Waals surface area contributed by atoms with Gasteiger partial charge in [0, 0.05) is 20.1 Å². The number of nitrogens with zero attached hydrogens (tertiary/aromatic N) is 2. The Balaban J connectivity index is 3.12. The number of nitro groups is 1. The molecule has 0 heterocycles. The first kappa shape index (κ1) is 15.2. The Morgan fingerprint density at radius 1 is 1.53 bits per heavy atom. The SMILES string of the molecule is CCCNc1cccc(N(C)CC(C)O)c1[N+](=O)[O-]. The Morgan fingerprint density at radius 3 is 2.74 bits per heavy atom. The molecule has 1 aromatic rings. The number of anilines is 2. The Hall–Kier alpha value is -1.82. The van der Waals surface area contributed by atoms with Gasteiger partial charge >= 0.3 is 5.69 Å². The van der Waals surface area contributed by atoms with E-state index in [0.29, 0.717) is 24.5 Å². The van der Waals surface area contributed by atoms with E-state index in [2.05, 4.69) is 5.32 Å². The van der Waals surface area contributed by atoms with E-state index in [0.717, 1.165) is 6.42 Å². The normalized spacial score (nSPS) is 12.0. The minimum atomic E-state index is -0.545. The van der Waals surface area contributed by atoms with Crippen molar-refractivity contribution in [1.82, 2.24) is 0 Å². The summed E-state index contributed by atoms with van der Waals surface area (Å²) in [5.74, 6) is 0. The van der Waals surface area contributed by atoms with Crippen LogP contribution in [-0.4, -0.2) is 36.3 Å². The van der Waals surface area contributed by atoms with Crippen molar-refractivity contribution in [1.29, 1.82) is 0 Å². The number of aliphatic hydroxyl groups excluding tert-OH is 1. The summed E-state index contributed by atoms with van der Waals surface area (Å²) in [6.07, 6.45) is 0.349. The van der Waals surface area contributed by atoms with Gasteiger partial charge in [0.1, 0.15) is 11.4 Å². The average molecular weight is 267 g/mol. The van der Waals surface area contributed by atoms with Crippen LogP contribution in [0.2, 0.25) is 0 Å². The van der Waals surface area contributed by atoms with Gasteiger partial charge in [-0.1, -0.05) is 13.0 Å². The maximum atomic E-state index is 11.3. The van der Waals surface area contributed by atoms with Crippen LogP contribution in [-0.2, 0) is 0 Å². The minimum absolute atomic E-state index is 0.0547. The second kappa shape index (κ2) is 6.94. The molecular formula is C13H21N3O3. The summed E-state index contributed by atoms with van der Waals surface area (Å²) in [6, 6.07) is 5.17. The summed E-state index contributed by atoms with van der Waals surface area (Å²) in [5, 5.41) is 23.7. The third-order valence-corrected chi connectivity index (χ3v) is 2.71. The molecule has 2 N–H and O–H groups in total. The van der Waals surface area contributed by atoms with Crippen molar-refractivity contribution in [2.24, 2.45) is 0 Å². The van der Waals surface area contributed by atoms with E-state index in [1.54, 1.807) is 37.1 Å². The van der Waals surface area contributed by atoms with E-state index < -0.39 is 6.10 Å². The number of rotatable bonds is 7. The molecule has 1 rings (SSSR count). The zero-order valence-electron chi connectivity index (χ0n) is 11.6. The molecule has 0 saturated carbocycles. The number of hydrogen-bond acceptors (Lipinski definition) is 5. The quantitative estimate of drug-likeness (QED) is 0.585. The van der Waals surface area contributed by atoms with E-state index >= 15 is 0 Å². The van der Waals surface area contributed by atoms with Gasteiger partial charge in [0.15, 0.2) is 0 Å². The topological polar surface area (TPSA) is 78.6 Å². The highest BCUT2D eigenvalue weighted by atomic mass is 16.6. The van der Waals surface area contributed by atoms with Crippen LogP contribution in [0.15, 0.2) is 18.2 Å². The number of hydrogen-bond donors (Lipinski definition) is 2. The highest BCUT2D eigenvalue weighted by Crippen LogP contribution is 2.34. The lowest BCUT2D eigenvalue weighted by molar-refractivity contribution is -0.383. The Morgan fingerprint density at radius 2 is 2.21 bits per heavy atom. The minimum Gasteiger partial charge on any atom is -0.392 e. The maximum absolute atomic E-state index is 11.3. The molecule has 19 heavy (non-hydrogen) atoms. The van der Waals surface area contributed by atoms with Gasteiger partial charge in [0.05, 0.1) is 11.0 Å². The lowest BCUT2D eigenvalue weighted by Gasteiger charge is -2.21. The lowest BCUT2D eigenvalue weighted by atomic mass is 10.2. The van der Waals surface area contributed by atoms with Gasteiger partial charge in [-0.25, -0.2) is 0 Å². The van der Waals surface area contributed by atoms with Gasteiger partial charge in [0.25, 0.3) is 0 Å². The van der Waals surface area contributed by atoms with Crippen LogP contribution in [0.25, 0.3) is 0 Å². The molecule has 0 aromatic heterocycles. The Kier molecular flexibility index (Phi) is 5.57. The number of benzene rings is 1. The molecule has 0 amide bonds. The number of likely N-dealkylation sites (N-methyl/N-ethyl adjacent to an activating group) is 1. The molecule has 6 heteroatoms. The second-order valence-electron chi connectivity index (χ2n) is 4.59. The summed E-state index contributed by atoms with van der Waals surface area (Å²) < 4.78 is 0. The second-order valence-corrected chi connectivity index (χ2v) is 4.59. The van der Waals surface area contributed by atoms with Crippen LogP contribution in [0.5, 0.6) is 0 Å². The molecule has 0 aliphatic rings. The highest BCUT2D eigenvalue weighted by molar-refractivity contribution is 5.76. The molecular weight excluding hydrogens is 246 g/mol. The van der Waals surface area contributed by atoms with Gasteiger partial charge in [-0.05, 0) is 25.5 Å². The third kappa shape index (κ3) is 4.10. The standard InChI is InChI=1S/C13H21N3O3/c1-4-8-14-11-6-5-7-12(13(11)16(18)19)15(3)9-10(2)17/h5-7,10,14,17H,4,8-9H2,1-3H3. The zero-order chi connectivity index (χ0) is 14.4. The fourth-order valence-corrected chi connectivity index (χ4v) is 1.93. The fraction of sp³-hybridized carbons (Fsp3) is 0.538. The summed E-state index contributed by atoms with van der Waals surface area (Å²) in [6.45, 7) is 4.69. The van der Waals surface area contributed by atoms with Crippen LogP contribution in [0.3, 0.4) is 0 Å². The first-order valence-corrected chi connectivity index (χ1v) is 6.37. The predicted molar refractivity (Wildman–Crippen MR) is 76.8 cm³/mol. The molecule has 1 unspecified atom stereocenters. The van der Waals surface area contributed by atoms with Gasteiger partial charge in [-0.3, -0.25) is 10.1 Å². The van der Waals surface area contributed by atoms with Gasteiger partial charge in [-0.15, -0.1) is 0 Å².